The average molecular weight is 354 g/mol. The molecule has 2 aromatic carbocycles. The second-order valence-corrected chi connectivity index (χ2v) is 6.95. The molecule has 0 bridgehead atoms. The fraction of sp³-hybridized carbons (Fsp3) is 0.188. The summed E-state index contributed by atoms with van der Waals surface area (Å²) < 4.78 is 52.6. The maximum Gasteiger partial charge on any atom is 0.242 e. The van der Waals surface area contributed by atoms with E-state index in [0.29, 0.717) is 5.56 Å². The number of amides is 1. The van der Waals surface area contributed by atoms with E-state index in [-0.39, 0.29) is 5.69 Å². The van der Waals surface area contributed by atoms with Gasteiger partial charge in [0.1, 0.15) is 11.6 Å². The van der Waals surface area contributed by atoms with Gasteiger partial charge in [-0.25, -0.2) is 21.9 Å². The Bertz CT molecular complexity index is 823. The summed E-state index contributed by atoms with van der Waals surface area (Å²) >= 11 is 0. The second kappa shape index (κ2) is 7.50. The van der Waals surface area contributed by atoms with Crippen LogP contribution in [0.4, 0.5) is 14.5 Å². The van der Waals surface area contributed by atoms with Gasteiger partial charge in [0.2, 0.25) is 15.9 Å². The summed E-state index contributed by atoms with van der Waals surface area (Å²) in [4.78, 5) is 12.0. The summed E-state index contributed by atoms with van der Waals surface area (Å²) in [6.45, 7) is 1.35. The van der Waals surface area contributed by atoms with Gasteiger partial charge in [-0.3, -0.25) is 4.79 Å². The highest BCUT2D eigenvalue weighted by Gasteiger charge is 2.21. The zero-order valence-corrected chi connectivity index (χ0v) is 13.6. The fourth-order valence-corrected chi connectivity index (χ4v) is 3.33. The summed E-state index contributed by atoms with van der Waals surface area (Å²) in [6.07, 6.45) is 0. The van der Waals surface area contributed by atoms with Crippen LogP contribution in [0.3, 0.4) is 0 Å². The largest absolute Gasteiger partial charge is 0.322 e. The van der Waals surface area contributed by atoms with Crippen LogP contribution in [0.1, 0.15) is 12.5 Å². The molecule has 0 aliphatic carbocycles. The van der Waals surface area contributed by atoms with E-state index >= 15 is 0 Å². The molecular weight excluding hydrogens is 338 g/mol. The predicted molar refractivity (Wildman–Crippen MR) is 86.7 cm³/mol. The van der Waals surface area contributed by atoms with Crippen molar-refractivity contribution in [3.63, 3.8) is 0 Å². The minimum atomic E-state index is -3.82. The Balaban J connectivity index is 1.99. The van der Waals surface area contributed by atoms with Crippen molar-refractivity contribution in [2.24, 2.45) is 0 Å². The second-order valence-electron chi connectivity index (χ2n) is 5.19. The Morgan fingerprint density at radius 3 is 2.33 bits per heavy atom. The normalized spacial score (nSPS) is 12.6. The average Bonchev–Trinajstić information content (AvgIpc) is 2.51. The van der Waals surface area contributed by atoms with Gasteiger partial charge < -0.3 is 5.32 Å². The molecule has 1 unspecified atom stereocenters. The van der Waals surface area contributed by atoms with Crippen LogP contribution in [0.5, 0.6) is 0 Å². The van der Waals surface area contributed by atoms with Crippen molar-refractivity contribution in [2.75, 3.05) is 5.32 Å². The Morgan fingerprint density at radius 1 is 1.08 bits per heavy atom. The van der Waals surface area contributed by atoms with Crippen LogP contribution in [0, 0.1) is 11.6 Å². The predicted octanol–water partition coefficient (Wildman–Crippen LogP) is 2.41. The van der Waals surface area contributed by atoms with Crippen molar-refractivity contribution < 1.29 is 22.0 Å². The molecule has 1 amide bonds. The molecule has 2 rings (SSSR count). The molecule has 5 nitrogen and oxygen atoms in total. The highest BCUT2D eigenvalue weighted by atomic mass is 32.2. The lowest BCUT2D eigenvalue weighted by Gasteiger charge is -2.15. The third-order valence-corrected chi connectivity index (χ3v) is 4.58. The maximum absolute atomic E-state index is 13.5. The third kappa shape index (κ3) is 5.10. The van der Waals surface area contributed by atoms with Gasteiger partial charge >= 0.3 is 0 Å². The zero-order chi connectivity index (χ0) is 17.7. The first-order valence-electron chi connectivity index (χ1n) is 7.07. The molecule has 0 aliphatic heterocycles. The molecule has 2 aromatic rings. The molecule has 2 N–H and O–H groups in total. The van der Waals surface area contributed by atoms with E-state index in [1.54, 1.807) is 6.07 Å². The van der Waals surface area contributed by atoms with Gasteiger partial charge in [-0.15, -0.1) is 0 Å². The minimum absolute atomic E-state index is 0.0351. The number of nitrogens with one attached hydrogen (secondary N) is 2. The number of carbonyl (C=O) groups is 1. The number of para-hydroxylation sites is 1. The van der Waals surface area contributed by atoms with Crippen molar-refractivity contribution in [2.45, 2.75) is 18.7 Å². The molecule has 24 heavy (non-hydrogen) atoms. The lowest BCUT2D eigenvalue weighted by atomic mass is 10.2. The number of benzene rings is 2. The molecule has 0 saturated heterocycles. The molecule has 0 aromatic heterocycles. The Hall–Kier alpha value is -2.32. The third-order valence-electron chi connectivity index (χ3n) is 3.15. The summed E-state index contributed by atoms with van der Waals surface area (Å²) in [5.74, 6) is -2.18. The van der Waals surface area contributed by atoms with E-state index in [2.05, 4.69) is 10.0 Å². The van der Waals surface area contributed by atoms with E-state index < -0.39 is 39.4 Å². The lowest BCUT2D eigenvalue weighted by molar-refractivity contribution is -0.117. The highest BCUT2D eigenvalue weighted by Crippen LogP contribution is 2.13. The number of halogens is 2. The van der Waals surface area contributed by atoms with Gasteiger partial charge in [0.15, 0.2) is 0 Å². The van der Waals surface area contributed by atoms with Crippen LogP contribution in [0.15, 0.2) is 48.5 Å². The van der Waals surface area contributed by atoms with Crippen LogP contribution < -0.4 is 10.0 Å². The highest BCUT2D eigenvalue weighted by molar-refractivity contribution is 7.88. The van der Waals surface area contributed by atoms with Crippen molar-refractivity contribution in [1.29, 1.82) is 0 Å². The van der Waals surface area contributed by atoms with Gasteiger partial charge in [0.25, 0.3) is 0 Å². The lowest BCUT2D eigenvalue weighted by Crippen LogP contribution is -2.42. The van der Waals surface area contributed by atoms with Gasteiger partial charge in [-0.2, -0.15) is 0 Å². The first-order chi connectivity index (χ1) is 11.3. The molecule has 0 spiro atoms. The fourth-order valence-electron chi connectivity index (χ4n) is 1.97. The van der Waals surface area contributed by atoms with Crippen LogP contribution in [0.25, 0.3) is 0 Å². The van der Waals surface area contributed by atoms with Gasteiger partial charge in [0.05, 0.1) is 17.5 Å². The molecule has 128 valence electrons. The Labute approximate surface area is 138 Å². The summed E-state index contributed by atoms with van der Waals surface area (Å²) in [5, 5.41) is 2.31. The summed E-state index contributed by atoms with van der Waals surface area (Å²) in [5.41, 5.74) is 0.345. The smallest absolute Gasteiger partial charge is 0.242 e. The monoisotopic (exact) mass is 354 g/mol. The first kappa shape index (κ1) is 18.0. The molecule has 8 heteroatoms. The number of rotatable bonds is 6. The summed E-state index contributed by atoms with van der Waals surface area (Å²) in [7, 11) is -3.82. The first-order valence-corrected chi connectivity index (χ1v) is 8.72. The van der Waals surface area contributed by atoms with Crippen molar-refractivity contribution in [1.82, 2.24) is 4.72 Å². The Morgan fingerprint density at radius 2 is 1.71 bits per heavy atom. The number of anilines is 1. The molecule has 0 fully saturated rings. The zero-order valence-electron chi connectivity index (χ0n) is 12.8. The standard InChI is InChI=1S/C16H16F2N2O3S/c1-11(16(21)19-15-5-3-2-4-14(15)18)20-24(22,23)10-12-6-8-13(17)9-7-12/h2-9,11,20H,10H2,1H3,(H,19,21). The topological polar surface area (TPSA) is 75.3 Å². The van der Waals surface area contributed by atoms with E-state index in [9.17, 15) is 22.0 Å². The number of carbonyl (C=O) groups excluding carboxylic acids is 1. The number of hydrogen-bond donors (Lipinski definition) is 2. The molecule has 1 atom stereocenters. The molecule has 0 heterocycles. The number of sulfonamides is 1. The van der Waals surface area contributed by atoms with Gasteiger partial charge in [-0.05, 0) is 36.8 Å². The maximum atomic E-state index is 13.5. The van der Waals surface area contributed by atoms with E-state index in [0.717, 1.165) is 12.1 Å². The van der Waals surface area contributed by atoms with Gasteiger partial charge in [0, 0.05) is 0 Å². The van der Waals surface area contributed by atoms with Crippen LogP contribution in [0.2, 0.25) is 0 Å². The molecular formula is C16H16F2N2O3S. The summed E-state index contributed by atoms with van der Waals surface area (Å²) in [6, 6.07) is 9.46. The molecule has 0 radical (unpaired) electrons. The molecule has 0 aliphatic rings. The van der Waals surface area contributed by atoms with E-state index in [1.165, 1.54) is 37.3 Å². The van der Waals surface area contributed by atoms with Gasteiger partial charge in [-0.1, -0.05) is 24.3 Å². The van der Waals surface area contributed by atoms with Crippen molar-refractivity contribution in [3.8, 4) is 0 Å². The van der Waals surface area contributed by atoms with E-state index in [1.807, 2.05) is 0 Å². The van der Waals surface area contributed by atoms with Crippen molar-refractivity contribution >= 4 is 21.6 Å². The molecule has 0 saturated carbocycles. The van der Waals surface area contributed by atoms with Crippen molar-refractivity contribution in [3.05, 3.63) is 65.7 Å². The quantitative estimate of drug-likeness (QED) is 0.836. The minimum Gasteiger partial charge on any atom is -0.322 e. The van der Waals surface area contributed by atoms with E-state index in [4.69, 9.17) is 0 Å². The SMILES string of the molecule is CC(NS(=O)(=O)Cc1ccc(F)cc1)C(=O)Nc1ccccc1F. The van der Waals surface area contributed by atoms with Crippen LogP contribution >= 0.6 is 0 Å². The van der Waals surface area contributed by atoms with Crippen LogP contribution in [-0.4, -0.2) is 20.4 Å². The van der Waals surface area contributed by atoms with Crippen LogP contribution in [-0.2, 0) is 20.6 Å². The Kier molecular flexibility index (Phi) is 5.63. The number of hydrogen-bond acceptors (Lipinski definition) is 3.